The van der Waals surface area contributed by atoms with Crippen molar-refractivity contribution in [3.63, 3.8) is 0 Å². The summed E-state index contributed by atoms with van der Waals surface area (Å²) in [7, 11) is 0. The van der Waals surface area contributed by atoms with Crippen molar-refractivity contribution in [1.82, 2.24) is 14.9 Å². The van der Waals surface area contributed by atoms with E-state index < -0.39 is 0 Å². The molecule has 0 saturated heterocycles. The molecule has 0 aliphatic heterocycles. The van der Waals surface area contributed by atoms with Gasteiger partial charge in [0.25, 0.3) is 5.69 Å². The fourth-order valence-corrected chi connectivity index (χ4v) is 2.14. The van der Waals surface area contributed by atoms with Crippen LogP contribution in [0.15, 0.2) is 36.8 Å². The van der Waals surface area contributed by atoms with Crippen LogP contribution in [0.25, 0.3) is 0 Å². The number of nitro groups is 1. The summed E-state index contributed by atoms with van der Waals surface area (Å²) in [6.45, 7) is 1.22. The minimum atomic E-state index is -0.345. The quantitative estimate of drug-likeness (QED) is 0.645. The smallest absolute Gasteiger partial charge is 0.274 e. The number of nitro benzene ring substituents is 1. The van der Waals surface area contributed by atoms with Gasteiger partial charge >= 0.3 is 0 Å². The molecule has 1 heterocycles. The van der Waals surface area contributed by atoms with E-state index in [2.05, 4.69) is 10.3 Å². The third-order valence-electron chi connectivity index (χ3n) is 3.38. The highest BCUT2D eigenvalue weighted by atomic mass is 16.6. The Bertz CT molecular complexity index is 619. The molecule has 1 fully saturated rings. The molecular weight excluding hydrogens is 256 g/mol. The van der Waals surface area contributed by atoms with Gasteiger partial charge in [-0.3, -0.25) is 10.1 Å². The van der Waals surface area contributed by atoms with Crippen LogP contribution >= 0.6 is 0 Å². The second-order valence-corrected chi connectivity index (χ2v) is 5.08. The first kappa shape index (κ1) is 12.8. The Balaban J connectivity index is 1.69. The van der Waals surface area contributed by atoms with E-state index in [9.17, 15) is 10.1 Å². The van der Waals surface area contributed by atoms with Gasteiger partial charge in [0.2, 0.25) is 0 Å². The summed E-state index contributed by atoms with van der Waals surface area (Å²) < 4.78 is 1.88. The summed E-state index contributed by atoms with van der Waals surface area (Å²) in [5.74, 6) is 0. The van der Waals surface area contributed by atoms with Gasteiger partial charge in [-0.15, -0.1) is 0 Å². The Morgan fingerprint density at radius 3 is 2.95 bits per heavy atom. The molecule has 6 heteroatoms. The van der Waals surface area contributed by atoms with Crippen LogP contribution in [0.1, 0.15) is 24.1 Å². The van der Waals surface area contributed by atoms with E-state index in [1.54, 1.807) is 18.5 Å². The summed E-state index contributed by atoms with van der Waals surface area (Å²) in [5, 5.41) is 14.4. The first-order chi connectivity index (χ1) is 9.72. The number of benzene rings is 1. The van der Waals surface area contributed by atoms with Crippen LogP contribution in [0, 0.1) is 10.1 Å². The number of aromatic nitrogens is 2. The van der Waals surface area contributed by atoms with Gasteiger partial charge in [0, 0.05) is 30.4 Å². The molecule has 0 atom stereocenters. The van der Waals surface area contributed by atoms with Crippen molar-refractivity contribution >= 4 is 5.69 Å². The number of hydrogen-bond acceptors (Lipinski definition) is 4. The van der Waals surface area contributed by atoms with Gasteiger partial charge in [0.05, 0.1) is 23.5 Å². The molecule has 1 saturated carbocycles. The summed E-state index contributed by atoms with van der Waals surface area (Å²) in [6, 6.07) is 7.45. The van der Waals surface area contributed by atoms with E-state index in [1.165, 1.54) is 18.9 Å². The summed E-state index contributed by atoms with van der Waals surface area (Å²) >= 11 is 0. The average Bonchev–Trinajstić information content (AvgIpc) is 3.17. The number of hydrogen-bond donors (Lipinski definition) is 1. The molecule has 1 aliphatic rings. The number of nitrogens with zero attached hydrogens (tertiary/aromatic N) is 3. The van der Waals surface area contributed by atoms with Gasteiger partial charge in [-0.1, -0.05) is 18.2 Å². The van der Waals surface area contributed by atoms with Crippen molar-refractivity contribution in [2.24, 2.45) is 0 Å². The van der Waals surface area contributed by atoms with Gasteiger partial charge in [-0.2, -0.15) is 0 Å². The maximum Gasteiger partial charge on any atom is 0.274 e. The van der Waals surface area contributed by atoms with Crippen LogP contribution < -0.4 is 5.32 Å². The molecule has 0 bridgehead atoms. The Morgan fingerprint density at radius 1 is 1.40 bits per heavy atom. The molecule has 0 amide bonds. The zero-order valence-electron chi connectivity index (χ0n) is 11.0. The maximum atomic E-state index is 11.0. The highest BCUT2D eigenvalue weighted by molar-refractivity contribution is 5.39. The SMILES string of the molecule is O=[N+]([O-])c1ccccc1Cn1cnc(CNC2CC2)c1. The summed E-state index contributed by atoms with van der Waals surface area (Å²) in [6.07, 6.45) is 6.15. The Kier molecular flexibility index (Phi) is 3.47. The highest BCUT2D eigenvalue weighted by Gasteiger charge is 2.20. The third kappa shape index (κ3) is 3.03. The number of nitrogens with one attached hydrogen (secondary N) is 1. The predicted octanol–water partition coefficient (Wildman–Crippen LogP) is 2.09. The van der Waals surface area contributed by atoms with Crippen LogP contribution in [-0.2, 0) is 13.1 Å². The third-order valence-corrected chi connectivity index (χ3v) is 3.38. The maximum absolute atomic E-state index is 11.0. The average molecular weight is 272 g/mol. The van der Waals surface area contributed by atoms with Crippen LogP contribution in [0.5, 0.6) is 0 Å². The second-order valence-electron chi connectivity index (χ2n) is 5.08. The second kappa shape index (κ2) is 5.42. The molecule has 1 aromatic heterocycles. The van der Waals surface area contributed by atoms with Gasteiger partial charge in [-0.25, -0.2) is 4.98 Å². The monoisotopic (exact) mass is 272 g/mol. The van der Waals surface area contributed by atoms with Crippen LogP contribution in [0.3, 0.4) is 0 Å². The lowest BCUT2D eigenvalue weighted by Gasteiger charge is -2.03. The predicted molar refractivity (Wildman–Crippen MR) is 74.3 cm³/mol. The molecule has 0 spiro atoms. The molecule has 3 rings (SSSR count). The number of para-hydroxylation sites is 1. The summed E-state index contributed by atoms with van der Waals surface area (Å²) in [4.78, 5) is 14.9. The normalized spacial score (nSPS) is 14.4. The Morgan fingerprint density at radius 2 is 2.20 bits per heavy atom. The van der Waals surface area contributed by atoms with Gasteiger partial charge in [0.1, 0.15) is 0 Å². The highest BCUT2D eigenvalue weighted by Crippen LogP contribution is 2.20. The number of imidazole rings is 1. The topological polar surface area (TPSA) is 73.0 Å². The molecule has 1 aromatic carbocycles. The lowest BCUT2D eigenvalue weighted by atomic mass is 10.2. The fourth-order valence-electron chi connectivity index (χ4n) is 2.14. The molecular formula is C14H16N4O2. The first-order valence-corrected chi connectivity index (χ1v) is 6.69. The minimum absolute atomic E-state index is 0.152. The van der Waals surface area contributed by atoms with E-state index in [4.69, 9.17) is 0 Å². The zero-order valence-corrected chi connectivity index (χ0v) is 11.0. The van der Waals surface area contributed by atoms with Crippen molar-refractivity contribution in [3.8, 4) is 0 Å². The van der Waals surface area contributed by atoms with Crippen LogP contribution in [-0.4, -0.2) is 20.5 Å². The van der Waals surface area contributed by atoms with E-state index in [0.29, 0.717) is 18.2 Å². The van der Waals surface area contributed by atoms with Crippen molar-refractivity contribution in [2.45, 2.75) is 32.0 Å². The molecule has 1 N–H and O–H groups in total. The van der Waals surface area contributed by atoms with E-state index in [0.717, 1.165) is 12.2 Å². The van der Waals surface area contributed by atoms with Gasteiger partial charge in [-0.05, 0) is 12.8 Å². The van der Waals surface area contributed by atoms with Crippen molar-refractivity contribution in [1.29, 1.82) is 0 Å². The fraction of sp³-hybridized carbons (Fsp3) is 0.357. The van der Waals surface area contributed by atoms with E-state index in [1.807, 2.05) is 16.8 Å². The zero-order chi connectivity index (χ0) is 13.9. The summed E-state index contributed by atoms with van der Waals surface area (Å²) in [5.41, 5.74) is 1.81. The Hall–Kier alpha value is -2.21. The minimum Gasteiger partial charge on any atom is -0.332 e. The molecule has 104 valence electrons. The first-order valence-electron chi connectivity index (χ1n) is 6.69. The van der Waals surface area contributed by atoms with E-state index in [-0.39, 0.29) is 10.6 Å². The number of rotatable bonds is 6. The van der Waals surface area contributed by atoms with Crippen molar-refractivity contribution in [2.75, 3.05) is 0 Å². The molecule has 20 heavy (non-hydrogen) atoms. The van der Waals surface area contributed by atoms with Crippen molar-refractivity contribution < 1.29 is 4.92 Å². The van der Waals surface area contributed by atoms with Crippen LogP contribution in [0.4, 0.5) is 5.69 Å². The molecule has 0 radical (unpaired) electrons. The van der Waals surface area contributed by atoms with Gasteiger partial charge < -0.3 is 9.88 Å². The standard InChI is InChI=1S/C14H16N4O2/c19-18(20)14-4-2-1-3-11(14)8-17-9-13(16-10-17)7-15-12-5-6-12/h1-4,9-10,12,15H,5-8H2. The van der Waals surface area contributed by atoms with Crippen LogP contribution in [0.2, 0.25) is 0 Å². The molecule has 2 aromatic rings. The van der Waals surface area contributed by atoms with E-state index >= 15 is 0 Å². The lowest BCUT2D eigenvalue weighted by Crippen LogP contribution is -2.15. The molecule has 6 nitrogen and oxygen atoms in total. The lowest BCUT2D eigenvalue weighted by molar-refractivity contribution is -0.385. The largest absolute Gasteiger partial charge is 0.332 e. The van der Waals surface area contributed by atoms with Gasteiger partial charge in [0.15, 0.2) is 0 Å². The van der Waals surface area contributed by atoms with Crippen molar-refractivity contribution in [3.05, 3.63) is 58.2 Å². The molecule has 0 unspecified atom stereocenters. The molecule has 1 aliphatic carbocycles. The Labute approximate surface area is 116 Å².